The number of nitrogens with zero attached hydrogens (tertiary/aromatic N) is 1. The number of rotatable bonds is 3. The van der Waals surface area contributed by atoms with Crippen LogP contribution in [0, 0.1) is 0 Å². The van der Waals surface area contributed by atoms with Gasteiger partial charge in [-0.1, -0.05) is 29.8 Å². The average molecular weight is 341 g/mol. The normalized spacial score (nSPS) is 20.2. The van der Waals surface area contributed by atoms with Gasteiger partial charge in [-0.3, -0.25) is 4.90 Å². The lowest BCUT2D eigenvalue weighted by molar-refractivity contribution is -0.0378. The summed E-state index contributed by atoms with van der Waals surface area (Å²) in [5.41, 5.74) is 6.79. The molecule has 1 aliphatic heterocycles. The Morgan fingerprint density at radius 1 is 1.48 bits per heavy atom. The Morgan fingerprint density at radius 3 is 2.83 bits per heavy atom. The second kappa shape index (κ2) is 7.51. The van der Waals surface area contributed by atoms with Gasteiger partial charge < -0.3 is 15.2 Å². The summed E-state index contributed by atoms with van der Waals surface area (Å²) >= 11 is 6.20. The lowest BCUT2D eigenvalue weighted by Crippen LogP contribution is -2.58. The Bertz CT molecular complexity index is 545. The van der Waals surface area contributed by atoms with E-state index in [2.05, 4.69) is 0 Å². The summed E-state index contributed by atoms with van der Waals surface area (Å²) in [5.74, 6) is 0. The van der Waals surface area contributed by atoms with Gasteiger partial charge in [0.2, 0.25) is 0 Å². The van der Waals surface area contributed by atoms with Gasteiger partial charge >= 0.3 is 6.09 Å². The van der Waals surface area contributed by atoms with Crippen molar-refractivity contribution in [1.82, 2.24) is 4.90 Å². The molecule has 1 aliphatic rings. The van der Waals surface area contributed by atoms with E-state index >= 15 is 0 Å². The fourth-order valence-electron chi connectivity index (χ4n) is 2.58. The van der Waals surface area contributed by atoms with Gasteiger partial charge in [-0.2, -0.15) is 0 Å². The molecule has 1 fully saturated rings. The van der Waals surface area contributed by atoms with Crippen LogP contribution < -0.4 is 5.73 Å². The third-order valence-corrected chi connectivity index (χ3v) is 4.07. The highest BCUT2D eigenvalue weighted by molar-refractivity contribution is 6.31. The highest BCUT2D eigenvalue weighted by atomic mass is 35.5. The van der Waals surface area contributed by atoms with Gasteiger partial charge in [-0.25, -0.2) is 4.79 Å². The molecule has 128 valence electrons. The summed E-state index contributed by atoms with van der Waals surface area (Å²) in [6.45, 7) is 6.94. The van der Waals surface area contributed by atoms with Crippen LogP contribution in [0.2, 0.25) is 5.02 Å². The molecule has 0 radical (unpaired) electrons. The number of amides is 1. The Kier molecular flexibility index (Phi) is 5.89. The summed E-state index contributed by atoms with van der Waals surface area (Å²) in [6.07, 6.45) is 0.230. The lowest BCUT2D eigenvalue weighted by Gasteiger charge is -2.39. The van der Waals surface area contributed by atoms with Crippen LogP contribution in [-0.4, -0.2) is 48.4 Å². The molecule has 1 saturated heterocycles. The van der Waals surface area contributed by atoms with Crippen LogP contribution in [0.5, 0.6) is 0 Å². The summed E-state index contributed by atoms with van der Waals surface area (Å²) in [7, 11) is 0. The molecule has 1 aromatic carbocycles. The molecule has 0 bridgehead atoms. The van der Waals surface area contributed by atoms with Crippen LogP contribution in [0.15, 0.2) is 24.3 Å². The van der Waals surface area contributed by atoms with E-state index in [9.17, 15) is 4.79 Å². The number of carbonyl (C=O) groups is 1. The first kappa shape index (κ1) is 18.0. The van der Waals surface area contributed by atoms with Crippen molar-refractivity contribution < 1.29 is 14.3 Å². The molecular formula is C17H25ClN2O3. The molecule has 2 unspecified atom stereocenters. The zero-order valence-electron chi connectivity index (χ0n) is 13.9. The van der Waals surface area contributed by atoms with E-state index in [1.54, 1.807) is 4.90 Å². The van der Waals surface area contributed by atoms with E-state index in [4.69, 9.17) is 26.8 Å². The molecular weight excluding hydrogens is 316 g/mol. The van der Waals surface area contributed by atoms with Gasteiger partial charge in [-0.05, 0) is 38.8 Å². The largest absolute Gasteiger partial charge is 0.444 e. The summed E-state index contributed by atoms with van der Waals surface area (Å²) in [6, 6.07) is 7.10. The SMILES string of the molecule is CC(C)(C)OC(=O)N1CCOCC1C(N)Cc1ccccc1Cl. The van der Waals surface area contributed by atoms with E-state index < -0.39 is 5.60 Å². The molecule has 23 heavy (non-hydrogen) atoms. The van der Waals surface area contributed by atoms with Crippen molar-refractivity contribution in [2.24, 2.45) is 5.73 Å². The van der Waals surface area contributed by atoms with Crippen molar-refractivity contribution in [3.8, 4) is 0 Å². The van der Waals surface area contributed by atoms with E-state index in [0.29, 0.717) is 31.2 Å². The average Bonchev–Trinajstić information content (AvgIpc) is 2.48. The fourth-order valence-corrected chi connectivity index (χ4v) is 2.79. The van der Waals surface area contributed by atoms with Crippen molar-refractivity contribution in [1.29, 1.82) is 0 Å². The monoisotopic (exact) mass is 340 g/mol. The lowest BCUT2D eigenvalue weighted by atomic mass is 9.99. The highest BCUT2D eigenvalue weighted by Crippen LogP contribution is 2.21. The topological polar surface area (TPSA) is 64.8 Å². The Balaban J connectivity index is 2.08. The van der Waals surface area contributed by atoms with Gasteiger partial charge in [0, 0.05) is 17.6 Å². The van der Waals surface area contributed by atoms with Crippen molar-refractivity contribution in [2.75, 3.05) is 19.8 Å². The minimum atomic E-state index is -0.535. The van der Waals surface area contributed by atoms with Gasteiger partial charge in [0.1, 0.15) is 5.60 Å². The fraction of sp³-hybridized carbons (Fsp3) is 0.588. The van der Waals surface area contributed by atoms with Crippen LogP contribution in [0.1, 0.15) is 26.3 Å². The van der Waals surface area contributed by atoms with Crippen LogP contribution >= 0.6 is 11.6 Å². The highest BCUT2D eigenvalue weighted by Gasteiger charge is 2.34. The zero-order valence-corrected chi connectivity index (χ0v) is 14.7. The number of morpholine rings is 1. The zero-order chi connectivity index (χ0) is 17.0. The number of ether oxygens (including phenoxy) is 2. The Hall–Kier alpha value is -1.30. The van der Waals surface area contributed by atoms with Crippen molar-refractivity contribution in [2.45, 2.75) is 44.9 Å². The van der Waals surface area contributed by atoms with Gasteiger partial charge in [0.05, 0.1) is 19.3 Å². The Morgan fingerprint density at radius 2 is 2.17 bits per heavy atom. The number of hydrogen-bond donors (Lipinski definition) is 1. The molecule has 6 heteroatoms. The second-order valence-corrected chi connectivity index (χ2v) is 7.18. The molecule has 2 atom stereocenters. The maximum atomic E-state index is 12.4. The van der Waals surface area contributed by atoms with E-state index in [-0.39, 0.29) is 18.2 Å². The van der Waals surface area contributed by atoms with Crippen molar-refractivity contribution in [3.05, 3.63) is 34.9 Å². The second-order valence-electron chi connectivity index (χ2n) is 6.78. The summed E-state index contributed by atoms with van der Waals surface area (Å²) < 4.78 is 11.0. The predicted octanol–water partition coefficient (Wildman–Crippen LogP) is 2.85. The number of halogens is 1. The number of benzene rings is 1. The third kappa shape index (κ3) is 5.09. The number of carbonyl (C=O) groups excluding carboxylic acids is 1. The standard InChI is InChI=1S/C17H25ClN2O3/c1-17(2,3)23-16(21)20-8-9-22-11-15(20)14(19)10-12-6-4-5-7-13(12)18/h4-7,14-15H,8-11,19H2,1-3H3. The summed E-state index contributed by atoms with van der Waals surface area (Å²) in [4.78, 5) is 14.1. The van der Waals surface area contributed by atoms with Crippen molar-refractivity contribution in [3.63, 3.8) is 0 Å². The van der Waals surface area contributed by atoms with Crippen molar-refractivity contribution >= 4 is 17.7 Å². The van der Waals surface area contributed by atoms with Gasteiger partial charge in [-0.15, -0.1) is 0 Å². The maximum Gasteiger partial charge on any atom is 0.410 e. The van der Waals surface area contributed by atoms with Crippen LogP contribution in [0.4, 0.5) is 4.79 Å². The Labute approximate surface area is 142 Å². The quantitative estimate of drug-likeness (QED) is 0.919. The number of nitrogens with two attached hydrogens (primary N) is 1. The van der Waals surface area contributed by atoms with E-state index in [0.717, 1.165) is 5.56 Å². The summed E-state index contributed by atoms with van der Waals surface area (Å²) in [5, 5.41) is 0.684. The predicted molar refractivity (Wildman–Crippen MR) is 90.7 cm³/mol. The molecule has 0 saturated carbocycles. The van der Waals surface area contributed by atoms with Crippen LogP contribution in [0.3, 0.4) is 0 Å². The smallest absolute Gasteiger partial charge is 0.410 e. The molecule has 0 aromatic heterocycles. The van der Waals surface area contributed by atoms with Crippen LogP contribution in [-0.2, 0) is 15.9 Å². The maximum absolute atomic E-state index is 12.4. The molecule has 1 aromatic rings. The van der Waals surface area contributed by atoms with Gasteiger partial charge in [0.15, 0.2) is 0 Å². The molecule has 0 aliphatic carbocycles. The minimum Gasteiger partial charge on any atom is -0.444 e. The van der Waals surface area contributed by atoms with Crippen LogP contribution in [0.25, 0.3) is 0 Å². The van der Waals surface area contributed by atoms with E-state index in [1.807, 2.05) is 45.0 Å². The van der Waals surface area contributed by atoms with E-state index in [1.165, 1.54) is 0 Å². The first-order valence-corrected chi connectivity index (χ1v) is 8.22. The first-order valence-electron chi connectivity index (χ1n) is 7.84. The minimum absolute atomic E-state index is 0.227. The molecule has 2 N–H and O–H groups in total. The number of hydrogen-bond acceptors (Lipinski definition) is 4. The molecule has 1 amide bonds. The first-order chi connectivity index (χ1) is 10.8. The molecule has 1 heterocycles. The molecule has 5 nitrogen and oxygen atoms in total. The molecule has 0 spiro atoms. The molecule has 2 rings (SSSR count). The van der Waals surface area contributed by atoms with Gasteiger partial charge in [0.25, 0.3) is 0 Å². The third-order valence-electron chi connectivity index (χ3n) is 3.70.